The van der Waals surface area contributed by atoms with Gasteiger partial charge >= 0.3 is 6.03 Å². The molecule has 3 atom stereocenters. The van der Waals surface area contributed by atoms with Gasteiger partial charge in [0.25, 0.3) is 0 Å². The number of rotatable bonds is 5. The molecule has 2 amide bonds. The molecule has 3 heterocycles. The zero-order valence-corrected chi connectivity index (χ0v) is 24.3. The maximum atomic E-state index is 13.7. The number of anilines is 1. The molecule has 0 aliphatic carbocycles. The number of ether oxygens (including phenoxy) is 3. The van der Waals surface area contributed by atoms with Crippen LogP contribution in [0.3, 0.4) is 0 Å². The Morgan fingerprint density at radius 2 is 1.93 bits per heavy atom. The Labute approximate surface area is 245 Å². The Bertz CT molecular complexity index is 1620. The zero-order chi connectivity index (χ0) is 29.9. The van der Waals surface area contributed by atoms with E-state index in [1.54, 1.807) is 62.8 Å². The maximum absolute atomic E-state index is 13.7. The summed E-state index contributed by atoms with van der Waals surface area (Å²) in [6.07, 6.45) is 2.71. The van der Waals surface area contributed by atoms with Crippen LogP contribution in [0.25, 0.3) is 0 Å². The molecule has 11 nitrogen and oxygen atoms in total. The maximum Gasteiger partial charge on any atom is 0.321 e. The van der Waals surface area contributed by atoms with Crippen LogP contribution in [-0.2, 0) is 10.0 Å². The highest BCUT2D eigenvalue weighted by atomic mass is 32.2. The first-order valence-electron chi connectivity index (χ1n) is 13.4. The number of nitrogens with one attached hydrogen (secondary N) is 1. The fourth-order valence-electron chi connectivity index (χ4n) is 4.65. The first kappa shape index (κ1) is 29.2. The number of sulfonamides is 1. The Hall–Kier alpha value is -4.31. The standard InChI is InChI=1S/C30H32N4O7S/c1-20-16-34(21(2)18-35)42(37,38)29-11-8-22(6-7-23-5-4-12-31-15-23)13-27(29)41-28(20)17-33(3)30(36)32-24-9-10-25-26(14-24)40-19-39-25/h4-5,8-15,20-21,28,35H,16-19H2,1-3H3,(H,32,36)/t20-,21-,28-/m0/s1. The fraction of sp³-hybridized carbons (Fsp3) is 0.333. The minimum Gasteiger partial charge on any atom is -0.487 e. The number of likely N-dealkylation sites (N-methyl/N-ethyl adjacent to an activating group) is 1. The Morgan fingerprint density at radius 1 is 1.14 bits per heavy atom. The van der Waals surface area contributed by atoms with Crippen LogP contribution in [0.1, 0.15) is 25.0 Å². The van der Waals surface area contributed by atoms with E-state index in [1.165, 1.54) is 15.3 Å². The summed E-state index contributed by atoms with van der Waals surface area (Å²) in [5.74, 6) is 7.00. The van der Waals surface area contributed by atoms with Crippen molar-refractivity contribution in [2.45, 2.75) is 30.9 Å². The SMILES string of the molecule is C[C@H]1CN([C@@H](C)CO)S(=O)(=O)c2ccc(C#Cc3cccnc3)cc2O[C@H]1CN(C)C(=O)Nc1ccc2c(c1)OCO2. The number of pyridine rings is 1. The lowest BCUT2D eigenvalue weighted by molar-refractivity contribution is 0.0830. The molecule has 2 aromatic carbocycles. The molecule has 3 aromatic rings. The number of carbonyl (C=O) groups excluding carboxylic acids is 1. The van der Waals surface area contributed by atoms with Crippen molar-refractivity contribution in [1.29, 1.82) is 0 Å². The van der Waals surface area contributed by atoms with Gasteiger partial charge in [0.15, 0.2) is 11.5 Å². The highest BCUT2D eigenvalue weighted by Crippen LogP contribution is 2.35. The van der Waals surface area contributed by atoms with E-state index in [4.69, 9.17) is 14.2 Å². The zero-order valence-electron chi connectivity index (χ0n) is 23.5. The van der Waals surface area contributed by atoms with Gasteiger partial charge in [-0.2, -0.15) is 4.31 Å². The van der Waals surface area contributed by atoms with Crippen molar-refractivity contribution in [2.24, 2.45) is 5.92 Å². The van der Waals surface area contributed by atoms with Gasteiger partial charge in [-0.1, -0.05) is 18.8 Å². The molecule has 2 N–H and O–H groups in total. The molecule has 0 unspecified atom stereocenters. The number of aliphatic hydroxyl groups is 1. The fourth-order valence-corrected chi connectivity index (χ4v) is 6.47. The van der Waals surface area contributed by atoms with Crippen LogP contribution in [0.2, 0.25) is 0 Å². The lowest BCUT2D eigenvalue weighted by Crippen LogP contribution is -2.50. The van der Waals surface area contributed by atoms with Gasteiger partial charge in [0.2, 0.25) is 16.8 Å². The minimum atomic E-state index is -4.01. The second kappa shape index (κ2) is 12.3. The van der Waals surface area contributed by atoms with Gasteiger partial charge in [-0.25, -0.2) is 13.2 Å². The second-order valence-corrected chi connectivity index (χ2v) is 12.1. The van der Waals surface area contributed by atoms with Crippen molar-refractivity contribution in [3.05, 3.63) is 72.1 Å². The third-order valence-corrected chi connectivity index (χ3v) is 9.12. The van der Waals surface area contributed by atoms with E-state index in [0.29, 0.717) is 28.3 Å². The normalized spacial score (nSPS) is 19.6. The summed E-state index contributed by atoms with van der Waals surface area (Å²) in [5, 5.41) is 12.7. The van der Waals surface area contributed by atoms with Crippen LogP contribution in [-0.4, -0.2) is 79.4 Å². The monoisotopic (exact) mass is 592 g/mol. The van der Waals surface area contributed by atoms with E-state index in [1.807, 2.05) is 13.0 Å². The average molecular weight is 593 g/mol. The number of hydrogen-bond acceptors (Lipinski definition) is 8. The van der Waals surface area contributed by atoms with Gasteiger partial charge < -0.3 is 29.5 Å². The molecule has 0 saturated heterocycles. The Balaban J connectivity index is 1.42. The molecule has 2 aliphatic heterocycles. The van der Waals surface area contributed by atoms with Gasteiger partial charge in [-0.3, -0.25) is 4.98 Å². The summed E-state index contributed by atoms with van der Waals surface area (Å²) in [6.45, 7) is 3.54. The third-order valence-electron chi connectivity index (χ3n) is 7.10. The molecule has 0 radical (unpaired) electrons. The average Bonchev–Trinajstić information content (AvgIpc) is 3.46. The Kier molecular flexibility index (Phi) is 8.54. The minimum absolute atomic E-state index is 0.0286. The van der Waals surface area contributed by atoms with E-state index in [2.05, 4.69) is 22.1 Å². The van der Waals surface area contributed by atoms with Crippen LogP contribution in [0.15, 0.2) is 65.8 Å². The highest BCUT2D eigenvalue weighted by Gasteiger charge is 2.38. The van der Waals surface area contributed by atoms with Crippen LogP contribution in [0, 0.1) is 17.8 Å². The van der Waals surface area contributed by atoms with E-state index in [0.717, 1.165) is 0 Å². The second-order valence-electron chi connectivity index (χ2n) is 10.3. The molecule has 1 aromatic heterocycles. The topological polar surface area (TPSA) is 131 Å². The molecular weight excluding hydrogens is 560 g/mol. The van der Waals surface area contributed by atoms with Gasteiger partial charge in [0, 0.05) is 60.8 Å². The van der Waals surface area contributed by atoms with E-state index >= 15 is 0 Å². The first-order valence-corrected chi connectivity index (χ1v) is 14.9. The molecule has 42 heavy (non-hydrogen) atoms. The van der Waals surface area contributed by atoms with Crippen molar-refractivity contribution < 1.29 is 32.5 Å². The third kappa shape index (κ3) is 6.28. The lowest BCUT2D eigenvalue weighted by atomic mass is 10.0. The van der Waals surface area contributed by atoms with Crippen LogP contribution >= 0.6 is 0 Å². The summed E-state index contributed by atoms with van der Waals surface area (Å²) in [4.78, 5) is 18.6. The molecule has 0 fully saturated rings. The predicted octanol–water partition coefficient (Wildman–Crippen LogP) is 3.14. The Morgan fingerprint density at radius 3 is 2.69 bits per heavy atom. The summed E-state index contributed by atoms with van der Waals surface area (Å²) >= 11 is 0. The number of benzene rings is 2. The number of hydrogen-bond donors (Lipinski definition) is 2. The van der Waals surface area contributed by atoms with Crippen molar-refractivity contribution in [1.82, 2.24) is 14.2 Å². The first-order chi connectivity index (χ1) is 20.2. The molecule has 0 bridgehead atoms. The number of nitrogens with zero attached hydrogens (tertiary/aromatic N) is 3. The molecular formula is C30H32N4O7S. The highest BCUT2D eigenvalue weighted by molar-refractivity contribution is 7.89. The number of aromatic nitrogens is 1. The molecule has 0 spiro atoms. The lowest BCUT2D eigenvalue weighted by Gasteiger charge is -2.37. The van der Waals surface area contributed by atoms with Crippen molar-refractivity contribution in [3.63, 3.8) is 0 Å². The van der Waals surface area contributed by atoms with Crippen molar-refractivity contribution in [2.75, 3.05) is 38.9 Å². The van der Waals surface area contributed by atoms with Gasteiger partial charge in [0.1, 0.15) is 16.7 Å². The van der Waals surface area contributed by atoms with E-state index in [9.17, 15) is 18.3 Å². The van der Waals surface area contributed by atoms with Crippen molar-refractivity contribution in [3.8, 4) is 29.1 Å². The summed E-state index contributed by atoms with van der Waals surface area (Å²) in [7, 11) is -2.37. The van der Waals surface area contributed by atoms with Gasteiger partial charge in [-0.15, -0.1) is 0 Å². The molecule has 0 saturated carbocycles. The number of urea groups is 1. The molecule has 2 aliphatic rings. The van der Waals surface area contributed by atoms with E-state index in [-0.39, 0.29) is 49.1 Å². The van der Waals surface area contributed by atoms with Gasteiger partial charge in [0.05, 0.1) is 13.2 Å². The van der Waals surface area contributed by atoms with Crippen LogP contribution in [0.4, 0.5) is 10.5 Å². The molecule has 12 heteroatoms. The summed E-state index contributed by atoms with van der Waals surface area (Å²) in [6, 6.07) is 12.4. The predicted molar refractivity (Wildman–Crippen MR) is 155 cm³/mol. The number of fused-ring (bicyclic) bond motifs is 2. The molecule has 5 rings (SSSR count). The van der Waals surface area contributed by atoms with Crippen molar-refractivity contribution >= 4 is 21.7 Å². The van der Waals surface area contributed by atoms with Gasteiger partial charge in [-0.05, 0) is 49.4 Å². The quantitative estimate of drug-likeness (QED) is 0.432. The smallest absolute Gasteiger partial charge is 0.321 e. The summed E-state index contributed by atoms with van der Waals surface area (Å²) in [5.41, 5.74) is 1.80. The number of carbonyl (C=O) groups is 1. The number of amides is 2. The van der Waals surface area contributed by atoms with Crippen LogP contribution in [0.5, 0.6) is 17.2 Å². The largest absolute Gasteiger partial charge is 0.487 e. The van der Waals surface area contributed by atoms with Crippen LogP contribution < -0.4 is 19.5 Å². The van der Waals surface area contributed by atoms with E-state index < -0.39 is 22.2 Å². The molecule has 220 valence electrons. The summed E-state index contributed by atoms with van der Waals surface area (Å²) < 4.78 is 45.8. The number of aliphatic hydroxyl groups excluding tert-OH is 1.